The highest BCUT2D eigenvalue weighted by Crippen LogP contribution is 2.09. The summed E-state index contributed by atoms with van der Waals surface area (Å²) in [7, 11) is 0. The lowest BCUT2D eigenvalue weighted by molar-refractivity contribution is 0.341. The van der Waals surface area contributed by atoms with Crippen molar-refractivity contribution in [2.24, 2.45) is 0 Å². The van der Waals surface area contributed by atoms with Crippen LogP contribution < -0.4 is 0 Å². The maximum absolute atomic E-state index is 5.58. The van der Waals surface area contributed by atoms with Gasteiger partial charge in [-0.3, -0.25) is 0 Å². The monoisotopic (exact) mass is 207 g/mol. The van der Waals surface area contributed by atoms with E-state index in [9.17, 15) is 0 Å². The quantitative estimate of drug-likeness (QED) is 0.486. The number of hydrogen-bond donors (Lipinski definition) is 0. The third-order valence-corrected chi connectivity index (χ3v) is 3.67. The Hall–Kier alpha value is 0.600. The van der Waals surface area contributed by atoms with Gasteiger partial charge in [0.2, 0.25) is 0 Å². The van der Waals surface area contributed by atoms with Gasteiger partial charge >= 0.3 is 0 Å². The summed E-state index contributed by atoms with van der Waals surface area (Å²) in [5.74, 6) is 3.19. The maximum atomic E-state index is 5.58. The van der Waals surface area contributed by atoms with E-state index >= 15 is 0 Å². The molecule has 0 spiro atoms. The first-order chi connectivity index (χ1) is 5.93. The second-order valence-electron chi connectivity index (χ2n) is 3.20. The van der Waals surface area contributed by atoms with Crippen molar-refractivity contribution in [3.63, 3.8) is 0 Å². The second-order valence-corrected chi connectivity index (χ2v) is 4.81. The third kappa shape index (κ3) is 4.58. The molecular formula is C9H18ClNS. The average Bonchev–Trinajstić information content (AvgIpc) is 2.57. The molecule has 1 fully saturated rings. The molecule has 0 radical (unpaired) electrons. The Kier molecular flexibility index (Phi) is 6.27. The number of hydrogen-bond acceptors (Lipinski definition) is 2. The minimum Gasteiger partial charge on any atom is -0.303 e. The maximum Gasteiger partial charge on any atom is 0.0314 e. The predicted molar refractivity (Wildman–Crippen MR) is 58.3 cm³/mol. The third-order valence-electron chi connectivity index (χ3n) is 2.18. The molecule has 0 aromatic rings. The number of nitrogens with zero attached hydrogens (tertiary/aromatic N) is 1. The molecule has 3 heteroatoms. The Balaban J connectivity index is 1.81. The first-order valence-electron chi connectivity index (χ1n) is 4.79. The summed E-state index contributed by atoms with van der Waals surface area (Å²) in [6.07, 6.45) is 4.16. The van der Waals surface area contributed by atoms with Gasteiger partial charge in [0.1, 0.15) is 0 Å². The highest BCUT2D eigenvalue weighted by Gasteiger charge is 2.09. The average molecular weight is 208 g/mol. The molecule has 1 aliphatic rings. The lowest BCUT2D eigenvalue weighted by atomic mass is 10.4. The first-order valence-corrected chi connectivity index (χ1v) is 6.48. The number of alkyl halides is 1. The predicted octanol–water partition coefficient (Wildman–Crippen LogP) is 2.44. The summed E-state index contributed by atoms with van der Waals surface area (Å²) >= 11 is 7.55. The lowest BCUT2D eigenvalue weighted by Gasteiger charge is -2.13. The molecule has 0 saturated carbocycles. The van der Waals surface area contributed by atoms with E-state index in [0.717, 1.165) is 11.6 Å². The molecule has 0 unspecified atom stereocenters. The molecule has 1 aliphatic heterocycles. The molecule has 12 heavy (non-hydrogen) atoms. The van der Waals surface area contributed by atoms with Crippen molar-refractivity contribution in [2.45, 2.75) is 19.3 Å². The normalized spacial score (nSPS) is 18.8. The molecular weight excluding hydrogens is 190 g/mol. The molecule has 0 atom stereocenters. The van der Waals surface area contributed by atoms with E-state index in [4.69, 9.17) is 11.6 Å². The Morgan fingerprint density at radius 2 is 1.92 bits per heavy atom. The standard InChI is InChI=1S/C9H18ClNS/c10-4-9-12-8-3-7-11-5-1-2-6-11/h1-9H2. The molecule has 1 saturated heterocycles. The van der Waals surface area contributed by atoms with E-state index in [2.05, 4.69) is 4.90 Å². The summed E-state index contributed by atoms with van der Waals surface area (Å²) < 4.78 is 0. The van der Waals surface area contributed by atoms with Gasteiger partial charge in [-0.2, -0.15) is 11.8 Å². The minimum absolute atomic E-state index is 0.800. The molecule has 1 rings (SSSR count). The van der Waals surface area contributed by atoms with Gasteiger partial charge in [0.25, 0.3) is 0 Å². The van der Waals surface area contributed by atoms with Crippen LogP contribution in [-0.2, 0) is 0 Å². The van der Waals surface area contributed by atoms with Gasteiger partial charge in [-0.25, -0.2) is 0 Å². The largest absolute Gasteiger partial charge is 0.303 e. The molecule has 1 heterocycles. The number of halogens is 1. The summed E-state index contributed by atoms with van der Waals surface area (Å²) in [4.78, 5) is 2.57. The smallest absolute Gasteiger partial charge is 0.0314 e. The van der Waals surface area contributed by atoms with Crippen LogP contribution in [0, 0.1) is 0 Å². The molecule has 0 bridgehead atoms. The van der Waals surface area contributed by atoms with Crippen molar-refractivity contribution < 1.29 is 0 Å². The van der Waals surface area contributed by atoms with Crippen molar-refractivity contribution in [3.05, 3.63) is 0 Å². The molecule has 0 aromatic heterocycles. The highest BCUT2D eigenvalue weighted by atomic mass is 35.5. The fourth-order valence-corrected chi connectivity index (χ4v) is 2.53. The number of rotatable bonds is 6. The summed E-state index contributed by atoms with van der Waals surface area (Å²) in [6.45, 7) is 3.97. The van der Waals surface area contributed by atoms with Crippen LogP contribution in [-0.4, -0.2) is 41.9 Å². The van der Waals surface area contributed by atoms with E-state index in [0.29, 0.717) is 0 Å². The van der Waals surface area contributed by atoms with Crippen LogP contribution in [0.5, 0.6) is 0 Å². The van der Waals surface area contributed by atoms with E-state index in [-0.39, 0.29) is 0 Å². The zero-order valence-electron chi connectivity index (χ0n) is 7.60. The Morgan fingerprint density at radius 3 is 2.58 bits per heavy atom. The minimum atomic E-state index is 0.800. The van der Waals surface area contributed by atoms with Crippen molar-refractivity contribution in [3.8, 4) is 0 Å². The summed E-state index contributed by atoms with van der Waals surface area (Å²) in [5, 5.41) is 0. The van der Waals surface area contributed by atoms with Crippen LogP contribution >= 0.6 is 23.4 Å². The molecule has 0 aromatic carbocycles. The molecule has 0 amide bonds. The van der Waals surface area contributed by atoms with E-state index in [1.807, 2.05) is 11.8 Å². The van der Waals surface area contributed by atoms with Crippen molar-refractivity contribution in [1.82, 2.24) is 4.90 Å². The van der Waals surface area contributed by atoms with Gasteiger partial charge in [0.15, 0.2) is 0 Å². The van der Waals surface area contributed by atoms with Crippen molar-refractivity contribution >= 4 is 23.4 Å². The number of likely N-dealkylation sites (tertiary alicyclic amines) is 1. The fourth-order valence-electron chi connectivity index (χ4n) is 1.55. The Labute approximate surface area is 84.8 Å². The van der Waals surface area contributed by atoms with Crippen LogP contribution in [0.4, 0.5) is 0 Å². The SMILES string of the molecule is ClCCSCCCN1CCCC1. The summed E-state index contributed by atoms with van der Waals surface area (Å²) in [5.41, 5.74) is 0. The molecule has 72 valence electrons. The van der Waals surface area contributed by atoms with E-state index in [1.54, 1.807) is 0 Å². The van der Waals surface area contributed by atoms with Crippen LogP contribution in [0.15, 0.2) is 0 Å². The first kappa shape index (κ1) is 10.7. The van der Waals surface area contributed by atoms with E-state index in [1.165, 1.54) is 44.6 Å². The van der Waals surface area contributed by atoms with Gasteiger partial charge in [-0.1, -0.05) is 0 Å². The molecule has 1 nitrogen and oxygen atoms in total. The van der Waals surface area contributed by atoms with Gasteiger partial charge in [-0.05, 0) is 44.6 Å². The zero-order valence-corrected chi connectivity index (χ0v) is 9.17. The van der Waals surface area contributed by atoms with Crippen LogP contribution in [0.3, 0.4) is 0 Å². The topological polar surface area (TPSA) is 3.24 Å². The van der Waals surface area contributed by atoms with Gasteiger partial charge in [0, 0.05) is 11.6 Å². The van der Waals surface area contributed by atoms with E-state index < -0.39 is 0 Å². The van der Waals surface area contributed by atoms with Crippen LogP contribution in [0.2, 0.25) is 0 Å². The molecule has 0 N–H and O–H groups in total. The van der Waals surface area contributed by atoms with Gasteiger partial charge < -0.3 is 4.90 Å². The van der Waals surface area contributed by atoms with Crippen molar-refractivity contribution in [1.29, 1.82) is 0 Å². The second kappa shape index (κ2) is 7.05. The van der Waals surface area contributed by atoms with Crippen LogP contribution in [0.25, 0.3) is 0 Å². The highest BCUT2D eigenvalue weighted by molar-refractivity contribution is 7.99. The van der Waals surface area contributed by atoms with Crippen molar-refractivity contribution in [2.75, 3.05) is 37.0 Å². The van der Waals surface area contributed by atoms with Gasteiger partial charge in [0.05, 0.1) is 0 Å². The lowest BCUT2D eigenvalue weighted by Crippen LogP contribution is -2.20. The zero-order chi connectivity index (χ0) is 8.65. The Bertz CT molecular complexity index is 105. The fraction of sp³-hybridized carbons (Fsp3) is 1.00. The van der Waals surface area contributed by atoms with Crippen LogP contribution in [0.1, 0.15) is 19.3 Å². The molecule has 0 aliphatic carbocycles. The summed E-state index contributed by atoms with van der Waals surface area (Å²) in [6, 6.07) is 0. The Morgan fingerprint density at radius 1 is 1.17 bits per heavy atom. The number of thioether (sulfide) groups is 1. The van der Waals surface area contributed by atoms with Gasteiger partial charge in [-0.15, -0.1) is 11.6 Å².